The van der Waals surface area contributed by atoms with Crippen LogP contribution in [0.15, 0.2) is 0 Å². The van der Waals surface area contributed by atoms with Gasteiger partial charge in [-0.25, -0.2) is 0 Å². The molecule has 2 aliphatic rings. The van der Waals surface area contributed by atoms with Crippen LogP contribution >= 0.6 is 25.3 Å². The molecule has 5 unspecified atom stereocenters. The van der Waals surface area contributed by atoms with E-state index in [-0.39, 0.29) is 35.0 Å². The Morgan fingerprint density at radius 3 is 2.14 bits per heavy atom. The maximum absolute atomic E-state index is 11.2. The second kappa shape index (κ2) is 19.6. The molecule has 0 radical (unpaired) electrons. The molecule has 2 fully saturated rings. The van der Waals surface area contributed by atoms with E-state index in [2.05, 4.69) is 65.2 Å². The van der Waals surface area contributed by atoms with Gasteiger partial charge in [-0.2, -0.15) is 0 Å². The normalized spacial score (nSPS) is 24.0. The Morgan fingerprint density at radius 2 is 1.71 bits per heavy atom. The van der Waals surface area contributed by atoms with Crippen molar-refractivity contribution in [3.8, 4) is 0 Å². The smallest absolute Gasteiger partial charge is 0.278 e. The zero-order valence-electron chi connectivity index (χ0n) is 22.9. The number of amides is 2. The van der Waals surface area contributed by atoms with Gasteiger partial charge in [0.15, 0.2) is 0 Å². The van der Waals surface area contributed by atoms with Crippen LogP contribution in [0.1, 0.15) is 73.6 Å². The molecule has 0 aromatic carbocycles. The highest BCUT2D eigenvalue weighted by Gasteiger charge is 2.28. The minimum atomic E-state index is -0.174. The van der Waals surface area contributed by atoms with Crippen molar-refractivity contribution in [3.05, 3.63) is 0 Å². The zero-order valence-corrected chi connectivity index (χ0v) is 24.7. The van der Waals surface area contributed by atoms with Gasteiger partial charge in [-0.15, -0.1) is 0 Å². The Morgan fingerprint density at radius 1 is 1.09 bits per heavy atom. The molecule has 10 heteroatoms. The molecule has 0 aromatic rings. The summed E-state index contributed by atoms with van der Waals surface area (Å²) in [6.45, 7) is 15.9. The van der Waals surface area contributed by atoms with Crippen molar-refractivity contribution in [1.29, 1.82) is 0 Å². The number of ether oxygens (including phenoxy) is 2. The predicted octanol–water partition coefficient (Wildman–Crippen LogP) is 4.67. The van der Waals surface area contributed by atoms with Crippen molar-refractivity contribution in [1.82, 2.24) is 15.1 Å². The molecule has 2 amide bonds. The van der Waals surface area contributed by atoms with Crippen LogP contribution in [0.3, 0.4) is 0 Å². The highest BCUT2D eigenvalue weighted by Crippen LogP contribution is 2.17. The SMILES string of the molecule is CC1CN(C(=O)S)CCO1.CCCC(O)CC(C)CC.CNC1CN(C(=O)S)CC(CC(C)C)O1. The molecule has 35 heavy (non-hydrogen) atoms. The third kappa shape index (κ3) is 16.8. The van der Waals surface area contributed by atoms with Gasteiger partial charge in [-0.3, -0.25) is 14.9 Å². The Kier molecular flexibility index (Phi) is 19.3. The Labute approximate surface area is 224 Å². The molecular formula is C25H51N3O5S2. The molecule has 2 aliphatic heterocycles. The van der Waals surface area contributed by atoms with Crippen LogP contribution in [0, 0.1) is 11.8 Å². The van der Waals surface area contributed by atoms with Crippen LogP contribution in [-0.4, -0.2) is 89.8 Å². The first-order valence-corrected chi connectivity index (χ1v) is 13.9. The van der Waals surface area contributed by atoms with E-state index >= 15 is 0 Å². The number of likely N-dealkylation sites (N-methyl/N-ethyl adjacent to an activating group) is 1. The topological polar surface area (TPSA) is 91.3 Å². The van der Waals surface area contributed by atoms with Gasteiger partial charge in [0, 0.05) is 19.6 Å². The van der Waals surface area contributed by atoms with Gasteiger partial charge in [0.2, 0.25) is 0 Å². The van der Waals surface area contributed by atoms with E-state index in [0.29, 0.717) is 44.6 Å². The summed E-state index contributed by atoms with van der Waals surface area (Å²) >= 11 is 7.57. The van der Waals surface area contributed by atoms with Crippen molar-refractivity contribution in [3.63, 3.8) is 0 Å². The van der Waals surface area contributed by atoms with Crippen LogP contribution < -0.4 is 5.32 Å². The lowest BCUT2D eigenvalue weighted by Crippen LogP contribution is -2.53. The summed E-state index contributed by atoms with van der Waals surface area (Å²) in [5.41, 5.74) is 0. The second-order valence-corrected chi connectivity index (χ2v) is 10.7. The number of aliphatic hydroxyl groups is 1. The summed E-state index contributed by atoms with van der Waals surface area (Å²) in [6, 6.07) is 0. The minimum absolute atomic E-state index is 0.0556. The van der Waals surface area contributed by atoms with E-state index in [1.807, 2.05) is 14.0 Å². The Bertz CT molecular complexity index is 585. The van der Waals surface area contributed by atoms with Crippen LogP contribution in [-0.2, 0) is 9.47 Å². The van der Waals surface area contributed by atoms with Crippen molar-refractivity contribution in [2.75, 3.05) is 39.8 Å². The lowest BCUT2D eigenvalue weighted by atomic mass is 9.99. The number of aliphatic hydroxyl groups excluding tert-OH is 1. The lowest BCUT2D eigenvalue weighted by molar-refractivity contribution is -0.0879. The number of hydrogen-bond acceptors (Lipinski definition) is 6. The first kappa shape index (κ1) is 34.5. The summed E-state index contributed by atoms with van der Waals surface area (Å²) in [6.07, 6.45) is 5.33. The number of carbonyl (C=O) groups is 2. The van der Waals surface area contributed by atoms with Gasteiger partial charge >= 0.3 is 0 Å². The molecule has 2 saturated heterocycles. The highest BCUT2D eigenvalue weighted by molar-refractivity contribution is 7.96. The summed E-state index contributed by atoms with van der Waals surface area (Å²) in [5, 5.41) is 12.1. The number of carbonyl (C=O) groups excluding carboxylic acids is 2. The summed E-state index contributed by atoms with van der Waals surface area (Å²) in [4.78, 5) is 25.3. The monoisotopic (exact) mass is 537 g/mol. The third-order valence-corrected chi connectivity index (χ3v) is 6.56. The molecule has 0 bridgehead atoms. The molecule has 0 aliphatic carbocycles. The van der Waals surface area contributed by atoms with Gasteiger partial charge in [-0.1, -0.05) is 72.7 Å². The maximum Gasteiger partial charge on any atom is 0.278 e. The van der Waals surface area contributed by atoms with Gasteiger partial charge in [0.1, 0.15) is 6.23 Å². The van der Waals surface area contributed by atoms with Crippen LogP contribution in [0.4, 0.5) is 9.59 Å². The van der Waals surface area contributed by atoms with E-state index < -0.39 is 0 Å². The Balaban J connectivity index is 0.000000513. The minimum Gasteiger partial charge on any atom is -0.393 e. The number of hydrogen-bond donors (Lipinski definition) is 4. The molecule has 2 rings (SSSR count). The molecule has 208 valence electrons. The fraction of sp³-hybridized carbons (Fsp3) is 0.920. The van der Waals surface area contributed by atoms with Crippen LogP contribution in [0.25, 0.3) is 0 Å². The van der Waals surface area contributed by atoms with E-state index in [9.17, 15) is 14.7 Å². The van der Waals surface area contributed by atoms with Gasteiger partial charge in [-0.05, 0) is 45.1 Å². The molecule has 8 nitrogen and oxygen atoms in total. The summed E-state index contributed by atoms with van der Waals surface area (Å²) in [5.74, 6) is 1.25. The van der Waals surface area contributed by atoms with Crippen molar-refractivity contribution in [2.45, 2.75) is 98.2 Å². The number of thiol groups is 2. The number of morpholine rings is 2. The van der Waals surface area contributed by atoms with E-state index in [1.165, 1.54) is 6.42 Å². The molecule has 0 saturated carbocycles. The maximum atomic E-state index is 11.2. The molecular weight excluding hydrogens is 486 g/mol. The van der Waals surface area contributed by atoms with E-state index in [0.717, 1.165) is 25.7 Å². The number of rotatable bonds is 8. The fourth-order valence-electron chi connectivity index (χ4n) is 3.88. The number of nitrogens with one attached hydrogen (secondary N) is 1. The average molecular weight is 538 g/mol. The number of nitrogens with zero attached hydrogens (tertiary/aromatic N) is 2. The van der Waals surface area contributed by atoms with Crippen LogP contribution in [0.2, 0.25) is 0 Å². The Hall–Kier alpha value is -0.520. The molecule has 5 atom stereocenters. The van der Waals surface area contributed by atoms with Crippen LogP contribution in [0.5, 0.6) is 0 Å². The van der Waals surface area contributed by atoms with Crippen molar-refractivity contribution in [2.24, 2.45) is 11.8 Å². The summed E-state index contributed by atoms with van der Waals surface area (Å²) < 4.78 is 11.0. The lowest BCUT2D eigenvalue weighted by Gasteiger charge is -2.37. The van der Waals surface area contributed by atoms with Crippen molar-refractivity contribution >= 4 is 35.7 Å². The van der Waals surface area contributed by atoms with Gasteiger partial charge in [0.25, 0.3) is 10.5 Å². The zero-order chi connectivity index (χ0) is 27.0. The van der Waals surface area contributed by atoms with Gasteiger partial charge in [0.05, 0.1) is 31.5 Å². The molecule has 2 heterocycles. The molecule has 0 aromatic heterocycles. The second-order valence-electron chi connectivity index (χ2n) is 9.95. The highest BCUT2D eigenvalue weighted by atomic mass is 32.1. The first-order chi connectivity index (χ1) is 16.4. The van der Waals surface area contributed by atoms with E-state index in [1.54, 1.807) is 9.80 Å². The first-order valence-electron chi connectivity index (χ1n) is 13.0. The standard InChI is InChI=1S/C10H20N2O2S.C9H20O.C6H11NO2S/c1-7(2)4-8-5-12(10(13)15)6-9(11-3)14-8;1-4-6-9(10)7-8(3)5-2;1-5-4-7(6(8)10)2-3-9-5/h7-9,11H,4-6H2,1-3H3,(H,13,15);8-10H,4-7H2,1-3H3;5H,2-4H2,1H3,(H,8,10). The predicted molar refractivity (Wildman–Crippen MR) is 149 cm³/mol. The van der Waals surface area contributed by atoms with E-state index in [4.69, 9.17) is 9.47 Å². The van der Waals surface area contributed by atoms with Gasteiger partial charge < -0.3 is 24.4 Å². The largest absolute Gasteiger partial charge is 0.393 e. The molecule has 0 spiro atoms. The third-order valence-electron chi connectivity index (χ3n) is 6.00. The quantitative estimate of drug-likeness (QED) is 0.337. The average Bonchev–Trinajstić information content (AvgIpc) is 2.79. The fourth-order valence-corrected chi connectivity index (χ4v) is 4.23. The summed E-state index contributed by atoms with van der Waals surface area (Å²) in [7, 11) is 1.84. The molecule has 2 N–H and O–H groups in total. The van der Waals surface area contributed by atoms with Crippen molar-refractivity contribution < 1.29 is 24.2 Å².